The van der Waals surface area contributed by atoms with Gasteiger partial charge in [-0.15, -0.1) is 0 Å². The highest BCUT2D eigenvalue weighted by Gasteiger charge is 2.34. The molecule has 1 N–H and O–H groups in total. The average molecular weight is 481 g/mol. The minimum atomic E-state index is -3.76. The minimum Gasteiger partial charge on any atom is -0.495 e. The fourth-order valence-corrected chi connectivity index (χ4v) is 5.12. The molecule has 0 saturated carbocycles. The molecule has 0 aliphatic carbocycles. The molecule has 3 rings (SSSR count). The lowest BCUT2D eigenvalue weighted by Crippen LogP contribution is -2.43. The smallest absolute Gasteiger partial charge is 0.310 e. The summed E-state index contributed by atoms with van der Waals surface area (Å²) in [6.45, 7) is 1.71. The average Bonchev–Trinajstić information content (AvgIpc) is 2.78. The first-order chi connectivity index (χ1) is 15.2. The molecule has 2 aromatic carbocycles. The van der Waals surface area contributed by atoms with Crippen LogP contribution < -0.4 is 10.1 Å². The molecule has 1 heterocycles. The summed E-state index contributed by atoms with van der Waals surface area (Å²) in [6.07, 6.45) is 0.998. The summed E-state index contributed by atoms with van der Waals surface area (Å²) >= 11 is 5.84. The second kappa shape index (κ2) is 10.3. The molecule has 8 nitrogen and oxygen atoms in total. The van der Waals surface area contributed by atoms with Crippen molar-refractivity contribution in [1.82, 2.24) is 4.31 Å². The normalized spacial score (nSPS) is 16.9. The van der Waals surface area contributed by atoms with Crippen molar-refractivity contribution in [3.8, 4) is 5.75 Å². The molecular formula is C22H25ClN2O6S. The number of hydrogen-bond donors (Lipinski definition) is 1. The third-order valence-electron chi connectivity index (χ3n) is 5.14. The first-order valence-electron chi connectivity index (χ1n) is 10.1. The van der Waals surface area contributed by atoms with Crippen molar-refractivity contribution in [2.45, 2.75) is 24.7 Å². The van der Waals surface area contributed by atoms with Gasteiger partial charge in [-0.1, -0.05) is 17.7 Å². The summed E-state index contributed by atoms with van der Waals surface area (Å²) in [5.74, 6) is -1.27. The first-order valence-corrected chi connectivity index (χ1v) is 11.9. The van der Waals surface area contributed by atoms with Crippen LogP contribution in [-0.2, 0) is 24.3 Å². The Labute approximate surface area is 192 Å². The molecule has 1 aliphatic heterocycles. The van der Waals surface area contributed by atoms with Gasteiger partial charge in [0.2, 0.25) is 10.0 Å². The highest BCUT2D eigenvalue weighted by atomic mass is 35.5. The number of carbonyl (C=O) groups excluding carboxylic acids is 2. The molecule has 172 valence electrons. The van der Waals surface area contributed by atoms with Gasteiger partial charge in [-0.2, -0.15) is 4.31 Å². The number of methoxy groups -OCH3 is 1. The molecule has 0 aromatic heterocycles. The lowest BCUT2D eigenvalue weighted by Gasteiger charge is -2.30. The number of amides is 1. The lowest BCUT2D eigenvalue weighted by molar-refractivity contribution is -0.152. The van der Waals surface area contributed by atoms with E-state index in [0.717, 1.165) is 5.56 Å². The first kappa shape index (κ1) is 24.0. The van der Waals surface area contributed by atoms with Crippen LogP contribution in [0.2, 0.25) is 5.02 Å². The van der Waals surface area contributed by atoms with E-state index in [1.807, 2.05) is 13.0 Å². The quantitative estimate of drug-likeness (QED) is 0.610. The highest BCUT2D eigenvalue weighted by Crippen LogP contribution is 2.26. The largest absolute Gasteiger partial charge is 0.495 e. The summed E-state index contributed by atoms with van der Waals surface area (Å²) in [7, 11) is -2.26. The fourth-order valence-electron chi connectivity index (χ4n) is 3.47. The maximum Gasteiger partial charge on any atom is 0.310 e. The van der Waals surface area contributed by atoms with Gasteiger partial charge < -0.3 is 14.8 Å². The number of hydrogen-bond acceptors (Lipinski definition) is 6. The molecule has 0 radical (unpaired) electrons. The zero-order chi connectivity index (χ0) is 23.3. The van der Waals surface area contributed by atoms with Gasteiger partial charge in [0.15, 0.2) is 6.61 Å². The van der Waals surface area contributed by atoms with E-state index in [4.69, 9.17) is 21.1 Å². The van der Waals surface area contributed by atoms with E-state index in [2.05, 4.69) is 5.32 Å². The van der Waals surface area contributed by atoms with E-state index >= 15 is 0 Å². The Kier molecular flexibility index (Phi) is 7.76. The topological polar surface area (TPSA) is 102 Å². The van der Waals surface area contributed by atoms with Crippen molar-refractivity contribution < 1.29 is 27.5 Å². The standard InChI is InChI=1S/C22H25ClN2O6S/c1-15-5-10-20(30-2)19(12-15)24-21(26)14-31-22(27)16-4-3-11-25(13-16)32(28,29)18-8-6-17(23)7-9-18/h5-10,12,16H,3-4,11,13-14H2,1-2H3,(H,24,26). The number of halogens is 1. The second-order valence-electron chi connectivity index (χ2n) is 7.52. The number of anilines is 1. The van der Waals surface area contributed by atoms with Crippen molar-refractivity contribution >= 4 is 39.2 Å². The van der Waals surface area contributed by atoms with Crippen LogP contribution in [0.4, 0.5) is 5.69 Å². The number of ether oxygens (including phenoxy) is 2. The van der Waals surface area contributed by atoms with Crippen molar-refractivity contribution in [3.05, 3.63) is 53.1 Å². The summed E-state index contributed by atoms with van der Waals surface area (Å²) in [5.41, 5.74) is 1.41. The van der Waals surface area contributed by atoms with Crippen LogP contribution in [-0.4, -0.2) is 51.4 Å². The third-order valence-corrected chi connectivity index (χ3v) is 7.27. The number of nitrogens with zero attached hydrogens (tertiary/aromatic N) is 1. The van der Waals surface area contributed by atoms with Gasteiger partial charge in [0.05, 0.1) is 23.6 Å². The Hall–Kier alpha value is -2.62. The van der Waals surface area contributed by atoms with Gasteiger partial charge >= 0.3 is 5.97 Å². The third kappa shape index (κ3) is 5.79. The van der Waals surface area contributed by atoms with Gasteiger partial charge in [0.25, 0.3) is 5.91 Å². The van der Waals surface area contributed by atoms with E-state index < -0.39 is 34.4 Å². The van der Waals surface area contributed by atoms with Gasteiger partial charge in [0, 0.05) is 18.1 Å². The monoisotopic (exact) mass is 480 g/mol. The molecule has 1 unspecified atom stereocenters. The number of nitrogens with one attached hydrogen (secondary N) is 1. The van der Waals surface area contributed by atoms with Gasteiger partial charge in [-0.05, 0) is 61.7 Å². The Balaban J connectivity index is 1.58. The molecule has 1 fully saturated rings. The number of rotatable bonds is 7. The van der Waals surface area contributed by atoms with Crippen molar-refractivity contribution in [2.24, 2.45) is 5.92 Å². The van der Waals surface area contributed by atoms with E-state index in [1.54, 1.807) is 12.1 Å². The number of carbonyl (C=O) groups is 2. The van der Waals surface area contributed by atoms with Crippen LogP contribution >= 0.6 is 11.6 Å². The van der Waals surface area contributed by atoms with Gasteiger partial charge in [-0.3, -0.25) is 9.59 Å². The van der Waals surface area contributed by atoms with Crippen LogP contribution in [0.15, 0.2) is 47.4 Å². The number of aryl methyl sites for hydroxylation is 1. The van der Waals surface area contributed by atoms with E-state index in [9.17, 15) is 18.0 Å². The molecule has 32 heavy (non-hydrogen) atoms. The molecule has 2 aromatic rings. The van der Waals surface area contributed by atoms with E-state index in [1.165, 1.54) is 35.7 Å². The molecule has 0 spiro atoms. The van der Waals surface area contributed by atoms with Crippen LogP contribution in [0, 0.1) is 12.8 Å². The Morgan fingerprint density at radius 3 is 2.59 bits per heavy atom. The predicted molar refractivity (Wildman–Crippen MR) is 120 cm³/mol. The summed E-state index contributed by atoms with van der Waals surface area (Å²) in [6, 6.07) is 11.2. The lowest BCUT2D eigenvalue weighted by atomic mass is 10.00. The molecule has 0 bridgehead atoms. The Morgan fingerprint density at radius 1 is 1.19 bits per heavy atom. The van der Waals surface area contributed by atoms with Crippen LogP contribution in [0.25, 0.3) is 0 Å². The Morgan fingerprint density at radius 2 is 1.91 bits per heavy atom. The van der Waals surface area contributed by atoms with Crippen molar-refractivity contribution in [2.75, 3.05) is 32.1 Å². The summed E-state index contributed by atoms with van der Waals surface area (Å²) in [4.78, 5) is 24.9. The predicted octanol–water partition coefficient (Wildman–Crippen LogP) is 3.24. The van der Waals surface area contributed by atoms with Crippen molar-refractivity contribution in [1.29, 1.82) is 0 Å². The van der Waals surface area contributed by atoms with Crippen LogP contribution in [0.3, 0.4) is 0 Å². The summed E-state index contributed by atoms with van der Waals surface area (Å²) in [5, 5.41) is 3.10. The SMILES string of the molecule is COc1ccc(C)cc1NC(=O)COC(=O)C1CCCN(S(=O)(=O)c2ccc(Cl)cc2)C1. The zero-order valence-corrected chi connectivity index (χ0v) is 19.4. The Bertz CT molecular complexity index is 1090. The molecule has 1 atom stereocenters. The summed E-state index contributed by atoms with van der Waals surface area (Å²) < 4.78 is 37.4. The fraction of sp³-hybridized carbons (Fsp3) is 0.364. The number of esters is 1. The van der Waals surface area contributed by atoms with Crippen LogP contribution in [0.5, 0.6) is 5.75 Å². The molecule has 1 saturated heterocycles. The molecule has 10 heteroatoms. The van der Waals surface area contributed by atoms with Crippen LogP contribution in [0.1, 0.15) is 18.4 Å². The zero-order valence-electron chi connectivity index (χ0n) is 17.8. The van der Waals surface area contributed by atoms with E-state index in [0.29, 0.717) is 35.8 Å². The number of piperidine rings is 1. The second-order valence-corrected chi connectivity index (χ2v) is 9.89. The molecule has 1 amide bonds. The van der Waals surface area contributed by atoms with E-state index in [-0.39, 0.29) is 11.4 Å². The maximum atomic E-state index is 12.9. The maximum absolute atomic E-state index is 12.9. The highest BCUT2D eigenvalue weighted by molar-refractivity contribution is 7.89. The number of benzene rings is 2. The minimum absolute atomic E-state index is 0.00286. The van der Waals surface area contributed by atoms with Gasteiger partial charge in [-0.25, -0.2) is 8.42 Å². The molecular weight excluding hydrogens is 456 g/mol. The number of sulfonamides is 1. The molecule has 1 aliphatic rings. The van der Waals surface area contributed by atoms with Gasteiger partial charge in [0.1, 0.15) is 5.75 Å². The van der Waals surface area contributed by atoms with Crippen molar-refractivity contribution in [3.63, 3.8) is 0 Å².